The first-order chi connectivity index (χ1) is 10.1. The molecular formula is C17H27N3O. The van der Waals surface area contributed by atoms with Crippen LogP contribution in [0.4, 0.5) is 0 Å². The number of piperazine rings is 1. The Morgan fingerprint density at radius 3 is 2.38 bits per heavy atom. The Morgan fingerprint density at radius 1 is 1.19 bits per heavy atom. The predicted octanol–water partition coefficient (Wildman–Crippen LogP) is 1.72. The number of hydrogen-bond donors (Lipinski definition) is 1. The van der Waals surface area contributed by atoms with E-state index in [-0.39, 0.29) is 11.9 Å². The molecule has 1 aliphatic heterocycles. The molecule has 4 nitrogen and oxygen atoms in total. The summed E-state index contributed by atoms with van der Waals surface area (Å²) < 4.78 is 0. The Morgan fingerprint density at radius 2 is 1.81 bits per heavy atom. The molecule has 0 spiro atoms. The third-order valence-electron chi connectivity index (χ3n) is 4.15. The van der Waals surface area contributed by atoms with E-state index >= 15 is 0 Å². The van der Waals surface area contributed by atoms with Crippen molar-refractivity contribution >= 4 is 5.91 Å². The summed E-state index contributed by atoms with van der Waals surface area (Å²) in [6, 6.07) is 10.6. The monoisotopic (exact) mass is 289 g/mol. The van der Waals surface area contributed by atoms with Crippen LogP contribution in [0.25, 0.3) is 0 Å². The van der Waals surface area contributed by atoms with E-state index in [1.54, 1.807) is 0 Å². The van der Waals surface area contributed by atoms with Crippen LogP contribution in [-0.2, 0) is 11.3 Å². The Labute approximate surface area is 128 Å². The number of nitrogens with zero attached hydrogens (tertiary/aromatic N) is 2. The van der Waals surface area contributed by atoms with Gasteiger partial charge in [0.15, 0.2) is 0 Å². The number of carbonyl (C=O) groups is 1. The quantitative estimate of drug-likeness (QED) is 0.896. The Hall–Kier alpha value is -1.39. The zero-order valence-electron chi connectivity index (χ0n) is 13.4. The third kappa shape index (κ3) is 4.29. The smallest absolute Gasteiger partial charge is 0.239 e. The molecule has 1 atom stereocenters. The van der Waals surface area contributed by atoms with Crippen LogP contribution in [0, 0.1) is 0 Å². The van der Waals surface area contributed by atoms with Crippen LogP contribution in [0.3, 0.4) is 0 Å². The maximum Gasteiger partial charge on any atom is 0.239 e. The summed E-state index contributed by atoms with van der Waals surface area (Å²) in [6.45, 7) is 10.6. The highest BCUT2D eigenvalue weighted by Crippen LogP contribution is 2.14. The SMILES string of the molecule is CC(C)N(Cc1ccccc1)C(C)C(=O)N1CCNCC1. The molecule has 1 N–H and O–H groups in total. The number of benzene rings is 1. The molecule has 1 aliphatic rings. The molecule has 0 radical (unpaired) electrons. The summed E-state index contributed by atoms with van der Waals surface area (Å²) in [5.41, 5.74) is 1.26. The van der Waals surface area contributed by atoms with Gasteiger partial charge in [-0.15, -0.1) is 0 Å². The van der Waals surface area contributed by atoms with E-state index in [1.165, 1.54) is 5.56 Å². The molecule has 1 heterocycles. The fourth-order valence-corrected chi connectivity index (χ4v) is 2.85. The van der Waals surface area contributed by atoms with Crippen molar-refractivity contribution < 1.29 is 4.79 Å². The first kappa shape index (κ1) is 16.0. The fourth-order valence-electron chi connectivity index (χ4n) is 2.85. The molecule has 0 saturated carbocycles. The second-order valence-corrected chi connectivity index (χ2v) is 6.00. The molecule has 116 valence electrons. The lowest BCUT2D eigenvalue weighted by Gasteiger charge is -2.36. The van der Waals surface area contributed by atoms with Gasteiger partial charge in [0, 0.05) is 38.8 Å². The maximum atomic E-state index is 12.7. The zero-order chi connectivity index (χ0) is 15.2. The summed E-state index contributed by atoms with van der Waals surface area (Å²) in [6.07, 6.45) is 0. The molecule has 21 heavy (non-hydrogen) atoms. The highest BCUT2D eigenvalue weighted by Gasteiger charge is 2.28. The van der Waals surface area contributed by atoms with Crippen LogP contribution >= 0.6 is 0 Å². The molecule has 1 amide bonds. The topological polar surface area (TPSA) is 35.6 Å². The lowest BCUT2D eigenvalue weighted by Crippen LogP contribution is -2.54. The van der Waals surface area contributed by atoms with Gasteiger partial charge in [0.25, 0.3) is 0 Å². The van der Waals surface area contributed by atoms with Crippen molar-refractivity contribution in [2.24, 2.45) is 0 Å². The number of nitrogens with one attached hydrogen (secondary N) is 1. The minimum atomic E-state index is -0.0803. The van der Waals surface area contributed by atoms with Crippen LogP contribution < -0.4 is 5.32 Å². The van der Waals surface area contributed by atoms with E-state index in [0.717, 1.165) is 32.7 Å². The van der Waals surface area contributed by atoms with Crippen molar-refractivity contribution in [1.29, 1.82) is 0 Å². The van der Waals surface area contributed by atoms with E-state index in [1.807, 2.05) is 17.9 Å². The van der Waals surface area contributed by atoms with Crippen molar-refractivity contribution in [2.45, 2.75) is 39.4 Å². The van der Waals surface area contributed by atoms with Crippen molar-refractivity contribution in [2.75, 3.05) is 26.2 Å². The Balaban J connectivity index is 2.04. The van der Waals surface area contributed by atoms with Crippen molar-refractivity contribution in [3.05, 3.63) is 35.9 Å². The van der Waals surface area contributed by atoms with Crippen molar-refractivity contribution in [1.82, 2.24) is 15.1 Å². The van der Waals surface area contributed by atoms with Crippen LogP contribution in [-0.4, -0.2) is 54.0 Å². The minimum Gasteiger partial charge on any atom is -0.339 e. The molecule has 1 fully saturated rings. The van der Waals surface area contributed by atoms with Gasteiger partial charge in [-0.2, -0.15) is 0 Å². The average Bonchev–Trinajstić information content (AvgIpc) is 2.53. The van der Waals surface area contributed by atoms with Gasteiger partial charge in [-0.25, -0.2) is 0 Å². The molecular weight excluding hydrogens is 262 g/mol. The molecule has 4 heteroatoms. The highest BCUT2D eigenvalue weighted by molar-refractivity contribution is 5.81. The number of carbonyl (C=O) groups excluding carboxylic acids is 1. The number of rotatable bonds is 5. The molecule has 1 aromatic carbocycles. The fraction of sp³-hybridized carbons (Fsp3) is 0.588. The Kier molecular flexibility index (Phi) is 5.76. The van der Waals surface area contributed by atoms with Crippen molar-refractivity contribution in [3.63, 3.8) is 0 Å². The highest BCUT2D eigenvalue weighted by atomic mass is 16.2. The lowest BCUT2D eigenvalue weighted by atomic mass is 10.1. The van der Waals surface area contributed by atoms with E-state index < -0.39 is 0 Å². The largest absolute Gasteiger partial charge is 0.339 e. The van der Waals surface area contributed by atoms with Gasteiger partial charge in [0.1, 0.15) is 0 Å². The van der Waals surface area contributed by atoms with Gasteiger partial charge >= 0.3 is 0 Å². The van der Waals surface area contributed by atoms with Crippen LogP contribution in [0.1, 0.15) is 26.3 Å². The molecule has 2 rings (SSSR count). The summed E-state index contributed by atoms with van der Waals surface area (Å²) in [4.78, 5) is 17.0. The van der Waals surface area contributed by atoms with Gasteiger partial charge in [0.2, 0.25) is 5.91 Å². The summed E-state index contributed by atoms with van der Waals surface area (Å²) in [5.74, 6) is 0.251. The lowest BCUT2D eigenvalue weighted by molar-refractivity contribution is -0.138. The normalized spacial score (nSPS) is 17.3. The number of amides is 1. The average molecular weight is 289 g/mol. The Bertz CT molecular complexity index is 441. The van der Waals surface area contributed by atoms with Gasteiger partial charge in [-0.3, -0.25) is 9.69 Å². The van der Waals surface area contributed by atoms with E-state index in [0.29, 0.717) is 6.04 Å². The van der Waals surface area contributed by atoms with E-state index in [4.69, 9.17) is 0 Å². The van der Waals surface area contributed by atoms with Gasteiger partial charge < -0.3 is 10.2 Å². The molecule has 0 bridgehead atoms. The third-order valence-corrected chi connectivity index (χ3v) is 4.15. The molecule has 0 aromatic heterocycles. The van der Waals surface area contributed by atoms with Gasteiger partial charge in [-0.05, 0) is 26.3 Å². The predicted molar refractivity (Wildman–Crippen MR) is 86.0 cm³/mol. The second kappa shape index (κ2) is 7.57. The van der Waals surface area contributed by atoms with Crippen LogP contribution in [0.5, 0.6) is 0 Å². The van der Waals surface area contributed by atoms with E-state index in [2.05, 4.69) is 48.3 Å². The minimum absolute atomic E-state index is 0.0803. The molecule has 1 saturated heterocycles. The maximum absolute atomic E-state index is 12.7. The van der Waals surface area contributed by atoms with Crippen LogP contribution in [0.15, 0.2) is 30.3 Å². The van der Waals surface area contributed by atoms with Crippen molar-refractivity contribution in [3.8, 4) is 0 Å². The molecule has 0 aliphatic carbocycles. The first-order valence-electron chi connectivity index (χ1n) is 7.88. The number of hydrogen-bond acceptors (Lipinski definition) is 3. The van der Waals surface area contributed by atoms with E-state index in [9.17, 15) is 4.79 Å². The molecule has 1 unspecified atom stereocenters. The van der Waals surface area contributed by atoms with Gasteiger partial charge in [0.05, 0.1) is 6.04 Å². The zero-order valence-corrected chi connectivity index (χ0v) is 13.4. The van der Waals surface area contributed by atoms with Gasteiger partial charge in [-0.1, -0.05) is 30.3 Å². The van der Waals surface area contributed by atoms with Crippen LogP contribution in [0.2, 0.25) is 0 Å². The summed E-state index contributed by atoms with van der Waals surface area (Å²) in [7, 11) is 0. The first-order valence-corrected chi connectivity index (χ1v) is 7.88. The summed E-state index contributed by atoms with van der Waals surface area (Å²) in [5, 5.41) is 3.29. The second-order valence-electron chi connectivity index (χ2n) is 6.00. The summed E-state index contributed by atoms with van der Waals surface area (Å²) >= 11 is 0. The standard InChI is InChI=1S/C17H27N3O/c1-14(2)20(13-16-7-5-4-6-8-16)15(3)17(21)19-11-9-18-10-12-19/h4-8,14-15,18H,9-13H2,1-3H3. The molecule has 1 aromatic rings.